The molecular weight excluding hydrogens is 364 g/mol. The van der Waals surface area contributed by atoms with Crippen LogP contribution in [0.25, 0.3) is 28.0 Å². The number of rotatable bonds is 3. The van der Waals surface area contributed by atoms with E-state index in [1.807, 2.05) is 59.2 Å². The van der Waals surface area contributed by atoms with Crippen LogP contribution in [-0.4, -0.2) is 30.6 Å². The highest BCUT2D eigenvalue weighted by Crippen LogP contribution is 2.34. The summed E-state index contributed by atoms with van der Waals surface area (Å²) in [5.41, 5.74) is 4.12. The Hall–Kier alpha value is -3.25. The molecule has 6 nitrogen and oxygen atoms in total. The Labute approximate surface area is 168 Å². The molecule has 1 saturated carbocycles. The van der Waals surface area contributed by atoms with Crippen LogP contribution in [0.5, 0.6) is 0 Å². The monoisotopic (exact) mass is 386 g/mol. The van der Waals surface area contributed by atoms with Crippen molar-refractivity contribution < 1.29 is 5.11 Å². The van der Waals surface area contributed by atoms with E-state index in [0.29, 0.717) is 12.1 Å². The first-order chi connectivity index (χ1) is 14.2. The van der Waals surface area contributed by atoms with Gasteiger partial charge in [-0.05, 0) is 31.0 Å². The first-order valence-corrected chi connectivity index (χ1v) is 10.0. The van der Waals surface area contributed by atoms with Crippen molar-refractivity contribution in [1.82, 2.24) is 19.4 Å². The lowest BCUT2D eigenvalue weighted by Gasteiger charge is -2.28. The maximum atomic E-state index is 12.6. The fourth-order valence-electron chi connectivity index (χ4n) is 4.22. The summed E-state index contributed by atoms with van der Waals surface area (Å²) in [6.45, 7) is 0. The lowest BCUT2D eigenvalue weighted by molar-refractivity contribution is 0.0670. The molecule has 1 aliphatic carbocycles. The number of benzene rings is 1. The summed E-state index contributed by atoms with van der Waals surface area (Å²) in [5.74, 6) is 0. The lowest BCUT2D eigenvalue weighted by Crippen LogP contribution is -2.36. The van der Waals surface area contributed by atoms with Gasteiger partial charge in [0.05, 0.1) is 28.9 Å². The highest BCUT2D eigenvalue weighted by atomic mass is 16.3. The van der Waals surface area contributed by atoms with Gasteiger partial charge in [0.2, 0.25) is 0 Å². The van der Waals surface area contributed by atoms with E-state index in [2.05, 4.69) is 0 Å². The maximum absolute atomic E-state index is 12.6. The van der Waals surface area contributed by atoms with Crippen LogP contribution < -0.4 is 5.56 Å². The van der Waals surface area contributed by atoms with Gasteiger partial charge in [0.1, 0.15) is 5.69 Å². The third-order valence-corrected chi connectivity index (χ3v) is 5.68. The van der Waals surface area contributed by atoms with Crippen molar-refractivity contribution in [3.05, 3.63) is 77.2 Å². The van der Waals surface area contributed by atoms with Crippen molar-refractivity contribution in [3.8, 4) is 22.5 Å². The standard InChI is InChI=1S/C23H22N4O2/c28-20-12-5-4-10-18(20)27-21(29)14-13-17(24-27)22-19-11-6-7-15-26(19)25-23(22)16-8-2-1-3-9-16/h1-3,6-9,11,13-15,18,20,28H,4-5,10,12H2/t18-,20-/m1/s1. The first-order valence-electron chi connectivity index (χ1n) is 10.0. The van der Waals surface area contributed by atoms with E-state index in [0.717, 1.165) is 41.6 Å². The Balaban J connectivity index is 1.72. The zero-order valence-corrected chi connectivity index (χ0v) is 16.0. The molecule has 3 aromatic heterocycles. The number of fused-ring (bicyclic) bond motifs is 1. The largest absolute Gasteiger partial charge is 0.391 e. The van der Waals surface area contributed by atoms with Gasteiger partial charge in [0.25, 0.3) is 5.56 Å². The minimum Gasteiger partial charge on any atom is -0.391 e. The minimum absolute atomic E-state index is 0.183. The predicted molar refractivity (Wildman–Crippen MR) is 112 cm³/mol. The molecule has 1 N–H and O–H groups in total. The molecule has 0 spiro atoms. The Kier molecular flexibility index (Phi) is 4.48. The average Bonchev–Trinajstić information content (AvgIpc) is 3.15. The van der Waals surface area contributed by atoms with E-state index in [1.54, 1.807) is 12.1 Å². The average molecular weight is 386 g/mol. The summed E-state index contributed by atoms with van der Waals surface area (Å²) in [5, 5.41) is 20.0. The molecule has 0 saturated heterocycles. The highest BCUT2D eigenvalue weighted by molar-refractivity contribution is 5.90. The zero-order valence-electron chi connectivity index (χ0n) is 16.0. The van der Waals surface area contributed by atoms with E-state index in [4.69, 9.17) is 10.2 Å². The number of aliphatic hydroxyl groups is 1. The van der Waals surface area contributed by atoms with Crippen molar-refractivity contribution in [2.75, 3.05) is 0 Å². The van der Waals surface area contributed by atoms with Gasteiger partial charge in [-0.15, -0.1) is 0 Å². The van der Waals surface area contributed by atoms with Crippen LogP contribution in [0.1, 0.15) is 31.7 Å². The van der Waals surface area contributed by atoms with E-state index < -0.39 is 6.10 Å². The molecule has 3 heterocycles. The predicted octanol–water partition coefficient (Wildman–Crippen LogP) is 3.70. The van der Waals surface area contributed by atoms with Crippen molar-refractivity contribution in [2.45, 2.75) is 37.8 Å². The summed E-state index contributed by atoms with van der Waals surface area (Å²) in [7, 11) is 0. The molecule has 1 fully saturated rings. The number of nitrogens with zero attached hydrogens (tertiary/aromatic N) is 4. The fourth-order valence-corrected chi connectivity index (χ4v) is 4.22. The Morgan fingerprint density at radius 1 is 0.897 bits per heavy atom. The van der Waals surface area contributed by atoms with Gasteiger partial charge in [0, 0.05) is 17.8 Å². The Bertz CT molecular complexity index is 1210. The van der Waals surface area contributed by atoms with Gasteiger partial charge in [-0.25, -0.2) is 9.20 Å². The van der Waals surface area contributed by atoms with E-state index in [9.17, 15) is 9.90 Å². The van der Waals surface area contributed by atoms with Crippen LogP contribution >= 0.6 is 0 Å². The molecule has 0 unspecified atom stereocenters. The van der Waals surface area contributed by atoms with E-state index >= 15 is 0 Å². The molecule has 4 aromatic rings. The molecule has 1 aromatic carbocycles. The summed E-state index contributed by atoms with van der Waals surface area (Å²) in [4.78, 5) is 12.6. The van der Waals surface area contributed by atoms with E-state index in [1.165, 1.54) is 4.68 Å². The third kappa shape index (κ3) is 3.15. The number of aromatic nitrogens is 4. The van der Waals surface area contributed by atoms with Crippen LogP contribution in [0, 0.1) is 0 Å². The van der Waals surface area contributed by atoms with Crippen LogP contribution in [0.15, 0.2) is 71.7 Å². The summed E-state index contributed by atoms with van der Waals surface area (Å²) >= 11 is 0. The molecular formula is C23H22N4O2. The second-order valence-corrected chi connectivity index (χ2v) is 7.54. The first kappa shape index (κ1) is 17.8. The van der Waals surface area contributed by atoms with Gasteiger partial charge in [0.15, 0.2) is 0 Å². The molecule has 29 heavy (non-hydrogen) atoms. The van der Waals surface area contributed by atoms with Crippen LogP contribution in [0.4, 0.5) is 0 Å². The Morgan fingerprint density at radius 2 is 1.69 bits per heavy atom. The number of aliphatic hydroxyl groups excluding tert-OH is 1. The van der Waals surface area contributed by atoms with E-state index in [-0.39, 0.29) is 11.6 Å². The molecule has 146 valence electrons. The van der Waals surface area contributed by atoms with Gasteiger partial charge in [-0.1, -0.05) is 49.2 Å². The van der Waals surface area contributed by atoms with Crippen LogP contribution in [-0.2, 0) is 0 Å². The van der Waals surface area contributed by atoms with Crippen molar-refractivity contribution >= 4 is 5.52 Å². The highest BCUT2D eigenvalue weighted by Gasteiger charge is 2.27. The van der Waals surface area contributed by atoms with Gasteiger partial charge < -0.3 is 5.11 Å². The van der Waals surface area contributed by atoms with Crippen LogP contribution in [0.2, 0.25) is 0 Å². The summed E-state index contributed by atoms with van der Waals surface area (Å²) in [6.07, 6.45) is 4.81. The smallest absolute Gasteiger partial charge is 0.267 e. The summed E-state index contributed by atoms with van der Waals surface area (Å²) < 4.78 is 3.31. The topological polar surface area (TPSA) is 72.4 Å². The third-order valence-electron chi connectivity index (χ3n) is 5.68. The second kappa shape index (κ2) is 7.29. The molecule has 6 heteroatoms. The number of hydrogen-bond acceptors (Lipinski definition) is 4. The van der Waals surface area contributed by atoms with Crippen molar-refractivity contribution in [2.24, 2.45) is 0 Å². The quantitative estimate of drug-likeness (QED) is 0.583. The van der Waals surface area contributed by atoms with Gasteiger partial charge >= 0.3 is 0 Å². The van der Waals surface area contributed by atoms with Crippen molar-refractivity contribution in [3.63, 3.8) is 0 Å². The molecule has 0 radical (unpaired) electrons. The minimum atomic E-state index is -0.540. The number of pyridine rings is 1. The molecule has 0 aliphatic heterocycles. The molecule has 2 atom stereocenters. The number of hydrogen-bond donors (Lipinski definition) is 1. The maximum Gasteiger partial charge on any atom is 0.267 e. The fraction of sp³-hybridized carbons (Fsp3) is 0.261. The van der Waals surface area contributed by atoms with Crippen molar-refractivity contribution in [1.29, 1.82) is 0 Å². The molecule has 1 aliphatic rings. The molecule has 5 rings (SSSR count). The summed E-state index contributed by atoms with van der Waals surface area (Å²) in [6, 6.07) is 18.9. The van der Waals surface area contributed by atoms with Gasteiger partial charge in [-0.3, -0.25) is 4.79 Å². The van der Waals surface area contributed by atoms with Crippen LogP contribution in [0.3, 0.4) is 0 Å². The lowest BCUT2D eigenvalue weighted by atomic mass is 9.93. The Morgan fingerprint density at radius 3 is 2.52 bits per heavy atom. The normalized spacial score (nSPS) is 19.5. The molecule has 0 amide bonds. The molecule has 0 bridgehead atoms. The SMILES string of the molecule is O=c1ccc(-c2c(-c3ccccc3)nn3ccccc23)nn1[C@@H]1CCCC[C@H]1O. The van der Waals surface area contributed by atoms with Gasteiger partial charge in [-0.2, -0.15) is 10.2 Å². The second-order valence-electron chi connectivity index (χ2n) is 7.54. The zero-order chi connectivity index (χ0) is 19.8.